The Morgan fingerprint density at radius 2 is 2.35 bits per heavy atom. The minimum Gasteiger partial charge on any atom is -0.380 e. The summed E-state index contributed by atoms with van der Waals surface area (Å²) in [4.78, 5) is 8.49. The van der Waals surface area contributed by atoms with Gasteiger partial charge in [-0.1, -0.05) is 0 Å². The van der Waals surface area contributed by atoms with Crippen LogP contribution in [0.2, 0.25) is 0 Å². The standard InChI is InChI=1S/C12H19N3OS/c1-16-8-5-6-15(7-8)12-14-11-9(13)3-2-4-10(11)17-12/h8-9H,2-7,13H2,1H3. The number of hydrogen-bond acceptors (Lipinski definition) is 5. The molecule has 5 heteroatoms. The van der Waals surface area contributed by atoms with Crippen LogP contribution in [0, 0.1) is 0 Å². The lowest BCUT2D eigenvalue weighted by atomic mass is 9.99. The number of fused-ring (bicyclic) bond motifs is 1. The first-order valence-electron chi connectivity index (χ1n) is 6.31. The number of anilines is 1. The van der Waals surface area contributed by atoms with Gasteiger partial charge in [-0.15, -0.1) is 11.3 Å². The van der Waals surface area contributed by atoms with E-state index in [9.17, 15) is 0 Å². The van der Waals surface area contributed by atoms with Crippen molar-refractivity contribution in [3.8, 4) is 0 Å². The minimum atomic E-state index is 0.157. The SMILES string of the molecule is COC1CCN(c2nc3c(s2)CCCC3N)C1. The third-order valence-electron chi connectivity index (χ3n) is 3.74. The fourth-order valence-electron chi connectivity index (χ4n) is 2.67. The van der Waals surface area contributed by atoms with Crippen molar-refractivity contribution in [3.63, 3.8) is 0 Å². The quantitative estimate of drug-likeness (QED) is 0.871. The second-order valence-electron chi connectivity index (χ2n) is 4.90. The van der Waals surface area contributed by atoms with Crippen LogP contribution in [0.15, 0.2) is 0 Å². The summed E-state index contributed by atoms with van der Waals surface area (Å²) in [5.41, 5.74) is 7.26. The number of rotatable bonds is 2. The van der Waals surface area contributed by atoms with Crippen molar-refractivity contribution in [2.45, 2.75) is 37.8 Å². The molecule has 0 amide bonds. The van der Waals surface area contributed by atoms with Gasteiger partial charge < -0.3 is 15.4 Å². The van der Waals surface area contributed by atoms with E-state index in [4.69, 9.17) is 15.5 Å². The first kappa shape index (κ1) is 11.4. The van der Waals surface area contributed by atoms with E-state index in [2.05, 4.69) is 4.90 Å². The van der Waals surface area contributed by atoms with E-state index >= 15 is 0 Å². The van der Waals surface area contributed by atoms with Crippen LogP contribution < -0.4 is 10.6 Å². The summed E-state index contributed by atoms with van der Waals surface area (Å²) in [5, 5.41) is 1.15. The van der Waals surface area contributed by atoms with E-state index < -0.39 is 0 Å². The Morgan fingerprint density at radius 1 is 1.47 bits per heavy atom. The maximum Gasteiger partial charge on any atom is 0.185 e. The maximum atomic E-state index is 6.11. The van der Waals surface area contributed by atoms with Gasteiger partial charge in [0, 0.05) is 31.1 Å². The molecule has 1 aliphatic carbocycles. The second-order valence-corrected chi connectivity index (χ2v) is 5.96. The molecule has 3 rings (SSSR count). The number of aromatic nitrogens is 1. The summed E-state index contributed by atoms with van der Waals surface area (Å²) in [6.45, 7) is 2.03. The van der Waals surface area contributed by atoms with Crippen LogP contribution in [0.1, 0.15) is 35.9 Å². The first-order valence-corrected chi connectivity index (χ1v) is 7.12. The van der Waals surface area contributed by atoms with Crippen LogP contribution >= 0.6 is 11.3 Å². The van der Waals surface area contributed by atoms with Gasteiger partial charge in [-0.05, 0) is 25.7 Å². The van der Waals surface area contributed by atoms with Crippen molar-refractivity contribution in [3.05, 3.63) is 10.6 Å². The highest BCUT2D eigenvalue weighted by molar-refractivity contribution is 7.15. The van der Waals surface area contributed by atoms with E-state index in [1.807, 2.05) is 11.3 Å². The Morgan fingerprint density at radius 3 is 3.06 bits per heavy atom. The van der Waals surface area contributed by atoms with E-state index in [-0.39, 0.29) is 6.04 Å². The summed E-state index contributed by atoms with van der Waals surface area (Å²) in [5.74, 6) is 0. The molecule has 4 nitrogen and oxygen atoms in total. The van der Waals surface area contributed by atoms with E-state index in [0.29, 0.717) is 6.10 Å². The first-order chi connectivity index (χ1) is 8.28. The fraction of sp³-hybridized carbons (Fsp3) is 0.750. The second kappa shape index (κ2) is 4.55. The topological polar surface area (TPSA) is 51.4 Å². The molecule has 2 atom stereocenters. The zero-order valence-electron chi connectivity index (χ0n) is 10.2. The number of methoxy groups -OCH3 is 1. The molecule has 0 bridgehead atoms. The highest BCUT2D eigenvalue weighted by atomic mass is 32.1. The average molecular weight is 253 g/mol. The predicted molar refractivity (Wildman–Crippen MR) is 69.6 cm³/mol. The lowest BCUT2D eigenvalue weighted by molar-refractivity contribution is 0.121. The van der Waals surface area contributed by atoms with Gasteiger partial charge >= 0.3 is 0 Å². The summed E-state index contributed by atoms with van der Waals surface area (Å²) < 4.78 is 5.40. The van der Waals surface area contributed by atoms with Crippen LogP contribution in [0.5, 0.6) is 0 Å². The number of thiazole rings is 1. The number of nitrogens with zero attached hydrogens (tertiary/aromatic N) is 2. The van der Waals surface area contributed by atoms with Gasteiger partial charge in [0.05, 0.1) is 11.8 Å². The Balaban J connectivity index is 1.80. The molecule has 0 spiro atoms. The van der Waals surface area contributed by atoms with Crippen LogP contribution in [-0.4, -0.2) is 31.3 Å². The third kappa shape index (κ3) is 2.07. The molecule has 2 aliphatic rings. The normalized spacial score (nSPS) is 28.5. The van der Waals surface area contributed by atoms with Gasteiger partial charge in [0.2, 0.25) is 0 Å². The van der Waals surface area contributed by atoms with Crippen molar-refractivity contribution in [2.75, 3.05) is 25.1 Å². The Hall–Kier alpha value is -0.650. The Bertz CT molecular complexity index is 406. The predicted octanol–water partition coefficient (Wildman–Crippen LogP) is 1.70. The maximum absolute atomic E-state index is 6.11. The molecule has 1 aromatic heterocycles. The number of hydrogen-bond donors (Lipinski definition) is 1. The van der Waals surface area contributed by atoms with Gasteiger partial charge in [0.25, 0.3) is 0 Å². The molecular weight excluding hydrogens is 234 g/mol. The van der Waals surface area contributed by atoms with Crippen LogP contribution in [-0.2, 0) is 11.2 Å². The molecule has 2 N–H and O–H groups in total. The molecular formula is C12H19N3OS. The van der Waals surface area contributed by atoms with Crippen molar-refractivity contribution in [1.29, 1.82) is 0 Å². The molecule has 1 aliphatic heterocycles. The van der Waals surface area contributed by atoms with Gasteiger partial charge in [-0.3, -0.25) is 0 Å². The zero-order chi connectivity index (χ0) is 11.8. The monoisotopic (exact) mass is 253 g/mol. The van der Waals surface area contributed by atoms with E-state index in [1.54, 1.807) is 7.11 Å². The van der Waals surface area contributed by atoms with E-state index in [0.717, 1.165) is 43.2 Å². The average Bonchev–Trinajstić information content (AvgIpc) is 2.95. The van der Waals surface area contributed by atoms with Gasteiger partial charge in [0.15, 0.2) is 5.13 Å². The van der Waals surface area contributed by atoms with Crippen LogP contribution in [0.3, 0.4) is 0 Å². The molecule has 2 unspecified atom stereocenters. The van der Waals surface area contributed by atoms with Crippen LogP contribution in [0.4, 0.5) is 5.13 Å². The lowest BCUT2D eigenvalue weighted by Crippen LogP contribution is -2.22. The number of ether oxygens (including phenoxy) is 1. The molecule has 1 fully saturated rings. The summed E-state index contributed by atoms with van der Waals surface area (Å²) in [7, 11) is 1.79. The molecule has 1 aromatic rings. The van der Waals surface area contributed by atoms with Crippen molar-refractivity contribution < 1.29 is 4.74 Å². The zero-order valence-corrected chi connectivity index (χ0v) is 11.0. The summed E-state index contributed by atoms with van der Waals surface area (Å²) >= 11 is 1.83. The van der Waals surface area contributed by atoms with Crippen molar-refractivity contribution >= 4 is 16.5 Å². The largest absolute Gasteiger partial charge is 0.380 e. The number of aryl methyl sites for hydroxylation is 1. The number of nitrogens with two attached hydrogens (primary N) is 1. The van der Waals surface area contributed by atoms with E-state index in [1.165, 1.54) is 11.3 Å². The molecule has 94 valence electrons. The summed E-state index contributed by atoms with van der Waals surface area (Å²) in [6.07, 6.45) is 4.91. The molecule has 1 saturated heterocycles. The molecule has 0 saturated carbocycles. The minimum absolute atomic E-state index is 0.157. The highest BCUT2D eigenvalue weighted by Crippen LogP contribution is 2.36. The lowest BCUT2D eigenvalue weighted by Gasteiger charge is -2.16. The van der Waals surface area contributed by atoms with Gasteiger partial charge in [-0.2, -0.15) is 0 Å². The van der Waals surface area contributed by atoms with Crippen LogP contribution in [0.25, 0.3) is 0 Å². The van der Waals surface area contributed by atoms with Gasteiger partial charge in [-0.25, -0.2) is 4.98 Å². The third-order valence-corrected chi connectivity index (χ3v) is 4.93. The Labute approximate surface area is 106 Å². The Kier molecular flexibility index (Phi) is 3.06. The highest BCUT2D eigenvalue weighted by Gasteiger charge is 2.28. The molecule has 17 heavy (non-hydrogen) atoms. The van der Waals surface area contributed by atoms with Crippen molar-refractivity contribution in [1.82, 2.24) is 4.98 Å². The summed E-state index contributed by atoms with van der Waals surface area (Å²) in [6, 6.07) is 0.157. The fourth-order valence-corrected chi connectivity index (χ4v) is 3.88. The molecule has 2 heterocycles. The van der Waals surface area contributed by atoms with Crippen molar-refractivity contribution in [2.24, 2.45) is 5.73 Å². The molecule has 0 radical (unpaired) electrons. The smallest absolute Gasteiger partial charge is 0.185 e. The van der Waals surface area contributed by atoms with Gasteiger partial charge in [0.1, 0.15) is 0 Å². The molecule has 0 aromatic carbocycles.